The monoisotopic (exact) mass is 326 g/mol. The minimum Gasteiger partial charge on any atom is -0.480 e. The molecule has 0 atom stereocenters. The molecule has 2 aromatic rings. The first-order valence-electron chi connectivity index (χ1n) is 8.03. The zero-order chi connectivity index (χ0) is 17.0. The van der Waals surface area contributed by atoms with Crippen LogP contribution in [0.4, 0.5) is 0 Å². The summed E-state index contributed by atoms with van der Waals surface area (Å²) >= 11 is 0. The number of carbonyl (C=O) groups is 1. The predicted octanol–water partition coefficient (Wildman–Crippen LogP) is 4.76. The Labute approximate surface area is 142 Å². The van der Waals surface area contributed by atoms with Crippen molar-refractivity contribution in [2.75, 3.05) is 13.2 Å². The van der Waals surface area contributed by atoms with Gasteiger partial charge in [-0.05, 0) is 49.1 Å². The zero-order valence-corrected chi connectivity index (χ0v) is 13.6. The van der Waals surface area contributed by atoms with Crippen molar-refractivity contribution >= 4 is 12.0 Å². The van der Waals surface area contributed by atoms with Gasteiger partial charge in [0.1, 0.15) is 18.1 Å². The number of allylic oxidation sites excluding steroid dienone is 1. The first kappa shape index (κ1) is 17.8. The molecule has 0 amide bonds. The second kappa shape index (κ2) is 10.2. The van der Waals surface area contributed by atoms with Gasteiger partial charge in [-0.25, -0.2) is 4.79 Å². The lowest BCUT2D eigenvalue weighted by atomic mass is 10.1. The third-order valence-electron chi connectivity index (χ3n) is 3.30. The molecule has 0 unspecified atom stereocenters. The Kier molecular flexibility index (Phi) is 7.57. The van der Waals surface area contributed by atoms with Crippen LogP contribution in [-0.2, 0) is 9.53 Å². The number of hydrogen-bond donors (Lipinski definition) is 1. The Morgan fingerprint density at radius 3 is 2.38 bits per heavy atom. The van der Waals surface area contributed by atoms with Crippen molar-refractivity contribution in [1.82, 2.24) is 0 Å². The van der Waals surface area contributed by atoms with Crippen LogP contribution in [0.1, 0.15) is 24.8 Å². The molecule has 24 heavy (non-hydrogen) atoms. The van der Waals surface area contributed by atoms with E-state index in [9.17, 15) is 4.79 Å². The Morgan fingerprint density at radius 2 is 1.67 bits per heavy atom. The Hall–Kier alpha value is -2.59. The molecule has 0 spiro atoms. The molecule has 126 valence electrons. The lowest BCUT2D eigenvalue weighted by Gasteiger charge is -2.05. The third kappa shape index (κ3) is 7.11. The summed E-state index contributed by atoms with van der Waals surface area (Å²) in [5, 5.41) is 8.44. The van der Waals surface area contributed by atoms with E-state index in [0.29, 0.717) is 6.61 Å². The molecule has 0 aliphatic carbocycles. The minimum absolute atomic E-state index is 0.215. The number of aliphatic carboxylic acids is 1. The van der Waals surface area contributed by atoms with E-state index >= 15 is 0 Å². The highest BCUT2D eigenvalue weighted by atomic mass is 16.5. The topological polar surface area (TPSA) is 55.8 Å². The molecule has 2 rings (SSSR count). The summed E-state index contributed by atoms with van der Waals surface area (Å²) in [7, 11) is 0. The lowest BCUT2D eigenvalue weighted by Crippen LogP contribution is -2.07. The van der Waals surface area contributed by atoms with Gasteiger partial charge < -0.3 is 14.6 Å². The molecular formula is C20H22O4. The Morgan fingerprint density at radius 1 is 0.958 bits per heavy atom. The van der Waals surface area contributed by atoms with E-state index in [4.69, 9.17) is 14.6 Å². The molecule has 0 aromatic heterocycles. The van der Waals surface area contributed by atoms with Gasteiger partial charge in [-0.3, -0.25) is 0 Å². The van der Waals surface area contributed by atoms with Crippen LogP contribution in [-0.4, -0.2) is 24.3 Å². The lowest BCUT2D eigenvalue weighted by molar-refractivity contribution is -0.142. The molecule has 0 saturated carbocycles. The Bertz CT molecular complexity index is 632. The smallest absolute Gasteiger partial charge is 0.329 e. The number of carboxylic acids is 1. The van der Waals surface area contributed by atoms with E-state index in [-0.39, 0.29) is 6.61 Å². The number of carboxylic acid groups (broad SMARTS) is 1. The first-order chi connectivity index (χ1) is 11.7. The van der Waals surface area contributed by atoms with Gasteiger partial charge >= 0.3 is 5.97 Å². The van der Waals surface area contributed by atoms with Gasteiger partial charge in [-0.1, -0.05) is 42.5 Å². The van der Waals surface area contributed by atoms with Crippen molar-refractivity contribution in [3.05, 3.63) is 66.2 Å². The van der Waals surface area contributed by atoms with Crippen LogP contribution in [0.3, 0.4) is 0 Å². The van der Waals surface area contributed by atoms with Crippen LogP contribution in [0.25, 0.3) is 6.08 Å². The Balaban J connectivity index is 1.67. The highest BCUT2D eigenvalue weighted by Gasteiger charge is 1.97. The number of hydrogen-bond acceptors (Lipinski definition) is 3. The summed E-state index contributed by atoms with van der Waals surface area (Å²) in [4.78, 5) is 10.3. The van der Waals surface area contributed by atoms with E-state index in [2.05, 4.69) is 12.2 Å². The number of ether oxygens (including phenoxy) is 2. The second-order valence-corrected chi connectivity index (χ2v) is 5.33. The highest BCUT2D eigenvalue weighted by molar-refractivity contribution is 5.67. The summed E-state index contributed by atoms with van der Waals surface area (Å²) in [6, 6.07) is 17.6. The fraction of sp³-hybridized carbons (Fsp3) is 0.250. The average molecular weight is 326 g/mol. The molecule has 0 radical (unpaired) electrons. The van der Waals surface area contributed by atoms with Gasteiger partial charge in [0, 0.05) is 6.61 Å². The second-order valence-electron chi connectivity index (χ2n) is 5.33. The molecule has 4 nitrogen and oxygen atoms in total. The summed E-state index contributed by atoms with van der Waals surface area (Å²) in [5.74, 6) is 0.717. The highest BCUT2D eigenvalue weighted by Crippen LogP contribution is 2.21. The third-order valence-corrected chi connectivity index (χ3v) is 3.30. The summed E-state index contributed by atoms with van der Waals surface area (Å²) in [6.07, 6.45) is 6.97. The zero-order valence-electron chi connectivity index (χ0n) is 13.6. The maximum absolute atomic E-state index is 10.3. The van der Waals surface area contributed by atoms with Crippen molar-refractivity contribution in [2.45, 2.75) is 19.3 Å². The van der Waals surface area contributed by atoms with Crippen molar-refractivity contribution in [2.24, 2.45) is 0 Å². The van der Waals surface area contributed by atoms with Crippen molar-refractivity contribution in [3.8, 4) is 11.5 Å². The molecule has 0 heterocycles. The predicted molar refractivity (Wildman–Crippen MR) is 94.3 cm³/mol. The number of benzene rings is 2. The van der Waals surface area contributed by atoms with E-state index < -0.39 is 5.97 Å². The molecule has 0 fully saturated rings. The maximum Gasteiger partial charge on any atom is 0.329 e. The normalized spacial score (nSPS) is 10.8. The largest absolute Gasteiger partial charge is 0.480 e. The average Bonchev–Trinajstić information content (AvgIpc) is 2.59. The van der Waals surface area contributed by atoms with Crippen molar-refractivity contribution in [3.63, 3.8) is 0 Å². The minimum atomic E-state index is -0.922. The van der Waals surface area contributed by atoms with Crippen LogP contribution in [0.5, 0.6) is 11.5 Å². The van der Waals surface area contributed by atoms with Crippen molar-refractivity contribution < 1.29 is 19.4 Å². The standard InChI is InChI=1S/C20H22O4/c21-20(22)16-23-15-7-2-1-4-8-17-11-13-19(14-12-17)24-18-9-5-3-6-10-18/h3-6,8-14H,1-2,7,15-16H2,(H,21,22)/b8-4+. The van der Waals surface area contributed by atoms with Gasteiger partial charge in [-0.15, -0.1) is 0 Å². The van der Waals surface area contributed by atoms with Gasteiger partial charge in [-0.2, -0.15) is 0 Å². The van der Waals surface area contributed by atoms with Crippen LogP contribution >= 0.6 is 0 Å². The van der Waals surface area contributed by atoms with Crippen LogP contribution < -0.4 is 4.74 Å². The number of unbranched alkanes of at least 4 members (excludes halogenated alkanes) is 2. The summed E-state index contributed by atoms with van der Waals surface area (Å²) in [6.45, 7) is 0.277. The van der Waals surface area contributed by atoms with E-state index in [1.54, 1.807) is 0 Å². The molecule has 2 aromatic carbocycles. The van der Waals surface area contributed by atoms with E-state index in [1.807, 2.05) is 54.6 Å². The fourth-order valence-corrected chi connectivity index (χ4v) is 2.12. The van der Waals surface area contributed by atoms with Crippen LogP contribution in [0, 0.1) is 0 Å². The molecule has 0 bridgehead atoms. The first-order valence-corrected chi connectivity index (χ1v) is 8.03. The molecule has 4 heteroatoms. The van der Waals surface area contributed by atoms with Crippen molar-refractivity contribution in [1.29, 1.82) is 0 Å². The summed E-state index contributed by atoms with van der Waals surface area (Å²) in [5.41, 5.74) is 1.12. The summed E-state index contributed by atoms with van der Waals surface area (Å²) < 4.78 is 10.7. The SMILES string of the molecule is O=C(O)COCCCC/C=C/c1ccc(Oc2ccccc2)cc1. The fourth-order valence-electron chi connectivity index (χ4n) is 2.12. The molecule has 0 aliphatic rings. The van der Waals surface area contributed by atoms with Gasteiger partial charge in [0.05, 0.1) is 0 Å². The molecule has 0 saturated heterocycles. The maximum atomic E-state index is 10.3. The van der Waals surface area contributed by atoms with Gasteiger partial charge in [0.2, 0.25) is 0 Å². The van der Waals surface area contributed by atoms with E-state index in [0.717, 1.165) is 36.3 Å². The molecule has 1 N–H and O–H groups in total. The quantitative estimate of drug-likeness (QED) is 0.639. The van der Waals surface area contributed by atoms with Gasteiger partial charge in [0.15, 0.2) is 0 Å². The van der Waals surface area contributed by atoms with Crippen LogP contribution in [0.15, 0.2) is 60.7 Å². The van der Waals surface area contributed by atoms with E-state index in [1.165, 1.54) is 0 Å². The number of rotatable bonds is 10. The van der Waals surface area contributed by atoms with Crippen LogP contribution in [0.2, 0.25) is 0 Å². The molecular weight excluding hydrogens is 304 g/mol. The van der Waals surface area contributed by atoms with Gasteiger partial charge in [0.25, 0.3) is 0 Å². The molecule has 0 aliphatic heterocycles. The number of para-hydroxylation sites is 1.